The molecule has 7 nitrogen and oxygen atoms in total. The van der Waals surface area contributed by atoms with Gasteiger partial charge in [0.15, 0.2) is 0 Å². The highest BCUT2D eigenvalue weighted by Gasteiger charge is 2.37. The molecule has 174 valence electrons. The van der Waals surface area contributed by atoms with Crippen molar-refractivity contribution in [2.75, 3.05) is 13.2 Å². The molecule has 2 N–H and O–H groups in total. The van der Waals surface area contributed by atoms with E-state index in [4.69, 9.17) is 4.74 Å². The van der Waals surface area contributed by atoms with E-state index in [9.17, 15) is 19.5 Å². The van der Waals surface area contributed by atoms with E-state index in [1.54, 1.807) is 0 Å². The molecular formula is C26H30N2O5. The molecular weight excluding hydrogens is 420 g/mol. The van der Waals surface area contributed by atoms with E-state index >= 15 is 0 Å². The molecule has 1 atom stereocenters. The van der Waals surface area contributed by atoms with Crippen LogP contribution < -0.4 is 5.32 Å². The molecule has 1 saturated carbocycles. The molecule has 4 rings (SSSR count). The van der Waals surface area contributed by atoms with E-state index in [0.29, 0.717) is 6.42 Å². The van der Waals surface area contributed by atoms with E-state index in [0.717, 1.165) is 47.9 Å². The zero-order valence-electron chi connectivity index (χ0n) is 18.8. The summed E-state index contributed by atoms with van der Waals surface area (Å²) in [4.78, 5) is 38.4. The number of nitrogens with one attached hydrogen (secondary N) is 1. The van der Waals surface area contributed by atoms with Crippen LogP contribution in [0, 0.1) is 0 Å². The molecule has 1 unspecified atom stereocenters. The van der Waals surface area contributed by atoms with Crippen molar-refractivity contribution in [1.29, 1.82) is 0 Å². The molecule has 0 radical (unpaired) electrons. The lowest BCUT2D eigenvalue weighted by molar-refractivity contribution is -0.145. The first kappa shape index (κ1) is 22.8. The maximum atomic E-state index is 13.1. The van der Waals surface area contributed by atoms with Crippen molar-refractivity contribution in [1.82, 2.24) is 10.2 Å². The summed E-state index contributed by atoms with van der Waals surface area (Å²) in [6, 6.07) is 15.4. The number of rotatable bonds is 10. The number of carboxylic acid groups (broad SMARTS) is 1. The van der Waals surface area contributed by atoms with Crippen molar-refractivity contribution in [2.24, 2.45) is 0 Å². The predicted molar refractivity (Wildman–Crippen MR) is 124 cm³/mol. The third-order valence-corrected chi connectivity index (χ3v) is 6.36. The lowest BCUT2D eigenvalue weighted by Gasteiger charge is -2.26. The van der Waals surface area contributed by atoms with Crippen LogP contribution in [0.1, 0.15) is 56.1 Å². The minimum absolute atomic E-state index is 0.0537. The SMILES string of the molecule is CCCCC(NC(=O)OCC1c2ccccc2-c2ccccc21)C(=O)N(CC(=O)O)C1CC1. The lowest BCUT2D eigenvalue weighted by atomic mass is 9.98. The molecule has 0 aromatic heterocycles. The topological polar surface area (TPSA) is 95.9 Å². The van der Waals surface area contributed by atoms with Gasteiger partial charge in [0.05, 0.1) is 0 Å². The molecule has 2 aromatic rings. The summed E-state index contributed by atoms with van der Waals surface area (Å²) in [5.74, 6) is -1.46. The largest absolute Gasteiger partial charge is 0.480 e. The van der Waals surface area contributed by atoms with Crippen molar-refractivity contribution in [3.05, 3.63) is 59.7 Å². The van der Waals surface area contributed by atoms with Gasteiger partial charge < -0.3 is 20.1 Å². The number of fused-ring (bicyclic) bond motifs is 3. The molecule has 0 aliphatic heterocycles. The van der Waals surface area contributed by atoms with Crippen LogP contribution >= 0.6 is 0 Å². The van der Waals surface area contributed by atoms with E-state index in [1.807, 2.05) is 43.3 Å². The monoisotopic (exact) mass is 450 g/mol. The lowest BCUT2D eigenvalue weighted by Crippen LogP contribution is -2.51. The molecule has 2 aliphatic carbocycles. The first-order valence-electron chi connectivity index (χ1n) is 11.6. The Morgan fingerprint density at radius 2 is 1.67 bits per heavy atom. The number of carboxylic acids is 1. The van der Waals surface area contributed by atoms with E-state index in [1.165, 1.54) is 4.90 Å². The van der Waals surface area contributed by atoms with Gasteiger partial charge in [-0.05, 0) is 41.5 Å². The smallest absolute Gasteiger partial charge is 0.407 e. The van der Waals surface area contributed by atoms with Crippen molar-refractivity contribution in [2.45, 2.75) is 57.0 Å². The average molecular weight is 451 g/mol. The third-order valence-electron chi connectivity index (χ3n) is 6.36. The fourth-order valence-electron chi connectivity index (χ4n) is 4.57. The molecule has 2 aromatic carbocycles. The number of ether oxygens (including phenoxy) is 1. The number of unbranched alkanes of at least 4 members (excludes halogenated alkanes) is 1. The summed E-state index contributed by atoms with van der Waals surface area (Å²) in [6.45, 7) is 1.82. The fourth-order valence-corrected chi connectivity index (χ4v) is 4.57. The highest BCUT2D eigenvalue weighted by molar-refractivity contribution is 5.88. The number of hydrogen-bond acceptors (Lipinski definition) is 4. The second kappa shape index (κ2) is 10.1. The van der Waals surface area contributed by atoms with Crippen molar-refractivity contribution in [3.63, 3.8) is 0 Å². The maximum absolute atomic E-state index is 13.1. The summed E-state index contributed by atoms with van der Waals surface area (Å²) in [5.41, 5.74) is 4.52. The Morgan fingerprint density at radius 1 is 1.06 bits per heavy atom. The van der Waals surface area contributed by atoms with Gasteiger partial charge in [-0.1, -0.05) is 68.3 Å². The van der Waals surface area contributed by atoms with Gasteiger partial charge in [0, 0.05) is 12.0 Å². The Bertz CT molecular complexity index is 987. The van der Waals surface area contributed by atoms with E-state index in [-0.39, 0.29) is 31.0 Å². The normalized spacial score (nSPS) is 15.3. The van der Waals surface area contributed by atoms with Crippen LogP contribution in [0.3, 0.4) is 0 Å². The summed E-state index contributed by atoms with van der Waals surface area (Å²) in [7, 11) is 0. The Labute approximate surface area is 193 Å². The van der Waals surface area contributed by atoms with Gasteiger partial charge in [0.2, 0.25) is 5.91 Å². The summed E-state index contributed by atoms with van der Waals surface area (Å²) in [5, 5.41) is 11.9. The molecule has 0 saturated heterocycles. The van der Waals surface area contributed by atoms with Crippen LogP contribution in [-0.2, 0) is 14.3 Å². The third kappa shape index (κ3) is 5.18. The standard InChI is InChI=1S/C26H30N2O5/c1-2-3-12-23(25(31)28(15-24(29)30)17-13-14-17)27-26(32)33-16-22-20-10-6-4-8-18(20)19-9-5-7-11-21(19)22/h4-11,17,22-23H,2-3,12-16H2,1H3,(H,27,32)(H,29,30). The van der Waals surface area contributed by atoms with Gasteiger partial charge in [-0.25, -0.2) is 4.79 Å². The number of nitrogens with zero attached hydrogens (tertiary/aromatic N) is 1. The maximum Gasteiger partial charge on any atom is 0.407 e. The molecule has 0 spiro atoms. The summed E-state index contributed by atoms with van der Waals surface area (Å²) < 4.78 is 5.60. The van der Waals surface area contributed by atoms with Crippen LogP contribution in [0.5, 0.6) is 0 Å². The first-order valence-corrected chi connectivity index (χ1v) is 11.6. The number of carbonyl (C=O) groups is 3. The molecule has 0 heterocycles. The van der Waals surface area contributed by atoms with Crippen molar-refractivity contribution in [3.8, 4) is 11.1 Å². The second-order valence-electron chi connectivity index (χ2n) is 8.76. The average Bonchev–Trinajstić information content (AvgIpc) is 3.61. The predicted octanol–water partition coefficient (Wildman–Crippen LogP) is 4.16. The molecule has 0 bridgehead atoms. The Morgan fingerprint density at radius 3 is 2.21 bits per heavy atom. The number of aliphatic carboxylic acids is 1. The highest BCUT2D eigenvalue weighted by Crippen LogP contribution is 2.44. The van der Waals surface area contributed by atoms with Gasteiger partial charge in [-0.3, -0.25) is 9.59 Å². The second-order valence-corrected chi connectivity index (χ2v) is 8.76. The zero-order chi connectivity index (χ0) is 23.4. The number of benzene rings is 2. The number of alkyl carbamates (subject to hydrolysis) is 1. The number of hydrogen-bond donors (Lipinski definition) is 2. The minimum atomic E-state index is -1.05. The first-order chi connectivity index (χ1) is 16.0. The zero-order valence-corrected chi connectivity index (χ0v) is 18.8. The van der Waals surface area contributed by atoms with Crippen LogP contribution in [-0.4, -0.2) is 53.2 Å². The van der Waals surface area contributed by atoms with Gasteiger partial charge in [-0.2, -0.15) is 0 Å². The molecule has 33 heavy (non-hydrogen) atoms. The van der Waals surface area contributed by atoms with Crippen LogP contribution in [0.15, 0.2) is 48.5 Å². The van der Waals surface area contributed by atoms with Crippen LogP contribution in [0.25, 0.3) is 11.1 Å². The Kier molecular flexibility index (Phi) is 6.96. The Balaban J connectivity index is 1.43. The molecule has 1 fully saturated rings. The Hall–Kier alpha value is -3.35. The number of amides is 2. The van der Waals surface area contributed by atoms with Crippen LogP contribution in [0.4, 0.5) is 4.79 Å². The quantitative estimate of drug-likeness (QED) is 0.567. The van der Waals surface area contributed by atoms with Gasteiger partial charge >= 0.3 is 12.1 Å². The van der Waals surface area contributed by atoms with Gasteiger partial charge in [0.25, 0.3) is 0 Å². The summed E-state index contributed by atoms with van der Waals surface area (Å²) in [6.07, 6.45) is 2.99. The fraction of sp³-hybridized carbons (Fsp3) is 0.423. The highest BCUT2D eigenvalue weighted by atomic mass is 16.5. The number of carbonyl (C=O) groups excluding carboxylic acids is 2. The molecule has 7 heteroatoms. The van der Waals surface area contributed by atoms with E-state index in [2.05, 4.69) is 17.4 Å². The van der Waals surface area contributed by atoms with Gasteiger partial charge in [-0.15, -0.1) is 0 Å². The molecule has 2 aliphatic rings. The van der Waals surface area contributed by atoms with Crippen LogP contribution in [0.2, 0.25) is 0 Å². The summed E-state index contributed by atoms with van der Waals surface area (Å²) >= 11 is 0. The van der Waals surface area contributed by atoms with Crippen molar-refractivity contribution < 1.29 is 24.2 Å². The minimum Gasteiger partial charge on any atom is -0.480 e. The van der Waals surface area contributed by atoms with Crippen molar-refractivity contribution >= 4 is 18.0 Å². The molecule has 2 amide bonds. The van der Waals surface area contributed by atoms with Gasteiger partial charge in [0.1, 0.15) is 19.2 Å². The van der Waals surface area contributed by atoms with E-state index < -0.39 is 18.1 Å².